The number of carboxylic acid groups (broad SMARTS) is 1. The van der Waals surface area contributed by atoms with E-state index in [1.54, 1.807) is 23.1 Å². The second-order valence-electron chi connectivity index (χ2n) is 8.64. The Kier molecular flexibility index (Phi) is 8.41. The predicted molar refractivity (Wildman–Crippen MR) is 135 cm³/mol. The first-order valence-electron chi connectivity index (χ1n) is 11.9. The largest absolute Gasteiger partial charge is 0.494 e. The highest BCUT2D eigenvalue weighted by Gasteiger charge is 2.28. The standard InChI is InChI=1S/C25H34N4O4S/c1-6-10-19-21-22(29(8-3)27-19)23(30)28(20(7-2)26-21)15-9-16-33-17-11-13-18(14-12-17)34-25(4,5)24(31)32/h11-14H,6-10,15-16H2,1-5H3,(H,31,32). The summed E-state index contributed by atoms with van der Waals surface area (Å²) in [5.41, 5.74) is 2.18. The first-order valence-corrected chi connectivity index (χ1v) is 12.7. The third-order valence-electron chi connectivity index (χ3n) is 5.61. The van der Waals surface area contributed by atoms with E-state index in [1.165, 1.54) is 11.8 Å². The number of hydrogen-bond donors (Lipinski definition) is 1. The topological polar surface area (TPSA) is 99.2 Å². The van der Waals surface area contributed by atoms with E-state index in [0.717, 1.165) is 34.8 Å². The minimum Gasteiger partial charge on any atom is -0.494 e. The SMILES string of the molecule is CCCc1nn(CC)c2c(=O)n(CCCOc3ccc(SC(C)(C)C(=O)O)cc3)c(CC)nc12. The number of aromatic nitrogens is 4. The lowest BCUT2D eigenvalue weighted by Crippen LogP contribution is -2.27. The third-order valence-corrected chi connectivity index (χ3v) is 6.80. The van der Waals surface area contributed by atoms with E-state index in [0.29, 0.717) is 43.8 Å². The molecule has 0 aliphatic heterocycles. The third kappa shape index (κ3) is 5.63. The molecule has 0 amide bonds. The van der Waals surface area contributed by atoms with Gasteiger partial charge in [-0.3, -0.25) is 18.8 Å². The number of nitrogens with zero attached hydrogens (tertiary/aromatic N) is 4. The summed E-state index contributed by atoms with van der Waals surface area (Å²) >= 11 is 1.30. The Bertz CT molecular complexity index is 1200. The molecule has 0 bridgehead atoms. The Hall–Kier alpha value is -2.81. The van der Waals surface area contributed by atoms with Gasteiger partial charge in [-0.25, -0.2) is 4.98 Å². The van der Waals surface area contributed by atoms with Crippen LogP contribution in [-0.2, 0) is 30.7 Å². The minimum absolute atomic E-state index is 0.0408. The van der Waals surface area contributed by atoms with E-state index in [1.807, 2.05) is 38.1 Å². The summed E-state index contributed by atoms with van der Waals surface area (Å²) in [6.45, 7) is 11.1. The van der Waals surface area contributed by atoms with Crippen LogP contribution in [0.15, 0.2) is 34.0 Å². The Morgan fingerprint density at radius 2 is 1.88 bits per heavy atom. The summed E-state index contributed by atoms with van der Waals surface area (Å²) in [5.74, 6) is 0.631. The highest BCUT2D eigenvalue weighted by Crippen LogP contribution is 2.33. The normalized spacial score (nSPS) is 11.8. The Morgan fingerprint density at radius 3 is 2.47 bits per heavy atom. The van der Waals surface area contributed by atoms with Crippen LogP contribution in [0.3, 0.4) is 0 Å². The number of aryl methyl sites for hydroxylation is 3. The molecule has 0 saturated carbocycles. The molecule has 1 aromatic carbocycles. The Balaban J connectivity index is 1.68. The summed E-state index contributed by atoms with van der Waals surface area (Å²) < 4.78 is 8.49. The highest BCUT2D eigenvalue weighted by molar-refractivity contribution is 8.01. The summed E-state index contributed by atoms with van der Waals surface area (Å²) in [6.07, 6.45) is 3.09. The lowest BCUT2D eigenvalue weighted by molar-refractivity contribution is -0.138. The smallest absolute Gasteiger partial charge is 0.319 e. The molecule has 0 aliphatic carbocycles. The van der Waals surface area contributed by atoms with Gasteiger partial charge in [-0.15, -0.1) is 11.8 Å². The van der Waals surface area contributed by atoms with Crippen LogP contribution in [-0.4, -0.2) is 41.8 Å². The maximum atomic E-state index is 13.3. The molecule has 0 fully saturated rings. The van der Waals surface area contributed by atoms with E-state index >= 15 is 0 Å². The van der Waals surface area contributed by atoms with Crippen molar-refractivity contribution in [2.45, 2.75) is 83.0 Å². The van der Waals surface area contributed by atoms with Gasteiger partial charge in [-0.2, -0.15) is 5.10 Å². The lowest BCUT2D eigenvalue weighted by atomic mass is 10.2. The fraction of sp³-hybridized carbons (Fsp3) is 0.520. The molecule has 9 heteroatoms. The van der Waals surface area contributed by atoms with E-state index in [9.17, 15) is 14.7 Å². The monoisotopic (exact) mass is 486 g/mol. The number of rotatable bonds is 12. The van der Waals surface area contributed by atoms with E-state index in [-0.39, 0.29) is 5.56 Å². The summed E-state index contributed by atoms with van der Waals surface area (Å²) in [4.78, 5) is 30.4. The van der Waals surface area contributed by atoms with Gasteiger partial charge in [0, 0.05) is 24.4 Å². The van der Waals surface area contributed by atoms with Gasteiger partial charge in [-0.1, -0.05) is 20.3 Å². The molecule has 1 N–H and O–H groups in total. The van der Waals surface area contributed by atoms with Gasteiger partial charge in [-0.05, 0) is 57.9 Å². The molecule has 34 heavy (non-hydrogen) atoms. The van der Waals surface area contributed by atoms with Crippen LogP contribution in [0.4, 0.5) is 0 Å². The second kappa shape index (κ2) is 11.1. The summed E-state index contributed by atoms with van der Waals surface area (Å²) in [7, 11) is 0. The van der Waals surface area contributed by atoms with Gasteiger partial charge in [0.25, 0.3) is 5.56 Å². The van der Waals surface area contributed by atoms with Crippen molar-refractivity contribution in [3.63, 3.8) is 0 Å². The highest BCUT2D eigenvalue weighted by atomic mass is 32.2. The second-order valence-corrected chi connectivity index (χ2v) is 10.3. The molecule has 0 radical (unpaired) electrons. The molecule has 3 aromatic rings. The van der Waals surface area contributed by atoms with Gasteiger partial charge in [0.15, 0.2) is 5.52 Å². The zero-order valence-electron chi connectivity index (χ0n) is 20.6. The number of fused-ring (bicyclic) bond motifs is 1. The maximum absolute atomic E-state index is 13.3. The van der Waals surface area contributed by atoms with E-state index in [4.69, 9.17) is 9.72 Å². The lowest BCUT2D eigenvalue weighted by Gasteiger charge is -2.18. The summed E-state index contributed by atoms with van der Waals surface area (Å²) in [6, 6.07) is 7.41. The van der Waals surface area contributed by atoms with Crippen molar-refractivity contribution in [2.75, 3.05) is 6.61 Å². The van der Waals surface area contributed by atoms with Crippen LogP contribution in [0.1, 0.15) is 59.0 Å². The van der Waals surface area contributed by atoms with Crippen molar-refractivity contribution in [1.29, 1.82) is 0 Å². The number of ether oxygens (including phenoxy) is 1. The molecule has 0 atom stereocenters. The van der Waals surface area contributed by atoms with Crippen molar-refractivity contribution in [2.24, 2.45) is 0 Å². The average molecular weight is 487 g/mol. The molecule has 0 unspecified atom stereocenters. The van der Waals surface area contributed by atoms with Crippen LogP contribution in [0.2, 0.25) is 0 Å². The number of aliphatic carboxylic acids is 1. The van der Waals surface area contributed by atoms with Gasteiger partial charge in [0.2, 0.25) is 0 Å². The zero-order valence-corrected chi connectivity index (χ0v) is 21.4. The molecule has 0 aliphatic rings. The van der Waals surface area contributed by atoms with Gasteiger partial charge >= 0.3 is 5.97 Å². The quantitative estimate of drug-likeness (QED) is 0.296. The van der Waals surface area contributed by atoms with Crippen LogP contribution in [0.5, 0.6) is 5.75 Å². The molecule has 2 heterocycles. The minimum atomic E-state index is -0.897. The predicted octanol–water partition coefficient (Wildman–Crippen LogP) is 4.55. The number of benzene rings is 1. The first kappa shape index (κ1) is 25.8. The molecule has 8 nitrogen and oxygen atoms in total. The Morgan fingerprint density at radius 1 is 1.18 bits per heavy atom. The first-order chi connectivity index (χ1) is 16.2. The average Bonchev–Trinajstić information content (AvgIpc) is 3.16. The maximum Gasteiger partial charge on any atom is 0.319 e. The van der Waals surface area contributed by atoms with Crippen molar-refractivity contribution in [3.8, 4) is 5.75 Å². The van der Waals surface area contributed by atoms with Gasteiger partial charge < -0.3 is 9.84 Å². The van der Waals surface area contributed by atoms with Crippen LogP contribution >= 0.6 is 11.8 Å². The summed E-state index contributed by atoms with van der Waals surface area (Å²) in [5, 5.41) is 13.9. The van der Waals surface area contributed by atoms with E-state index in [2.05, 4.69) is 12.0 Å². The molecule has 0 saturated heterocycles. The fourth-order valence-corrected chi connectivity index (χ4v) is 4.70. The number of hydrogen-bond acceptors (Lipinski definition) is 6. The van der Waals surface area contributed by atoms with Crippen LogP contribution in [0, 0.1) is 0 Å². The number of thioether (sulfide) groups is 1. The molecular weight excluding hydrogens is 452 g/mol. The van der Waals surface area contributed by atoms with Gasteiger partial charge in [0.05, 0.1) is 12.3 Å². The molecule has 3 rings (SSSR count). The molecular formula is C25H34N4O4S. The number of carboxylic acids is 1. The molecule has 184 valence electrons. The van der Waals surface area contributed by atoms with Crippen LogP contribution < -0.4 is 10.3 Å². The van der Waals surface area contributed by atoms with Gasteiger partial charge in [0.1, 0.15) is 21.8 Å². The molecule has 2 aromatic heterocycles. The van der Waals surface area contributed by atoms with Crippen molar-refractivity contribution < 1.29 is 14.6 Å². The fourth-order valence-electron chi connectivity index (χ4n) is 3.76. The number of carbonyl (C=O) groups is 1. The Labute approximate surface area is 204 Å². The molecule has 0 spiro atoms. The zero-order chi connectivity index (χ0) is 24.9. The van der Waals surface area contributed by atoms with Crippen LogP contribution in [0.25, 0.3) is 11.0 Å². The van der Waals surface area contributed by atoms with Crippen molar-refractivity contribution in [3.05, 3.63) is 46.1 Å². The van der Waals surface area contributed by atoms with Crippen molar-refractivity contribution >= 4 is 28.8 Å². The van der Waals surface area contributed by atoms with E-state index < -0.39 is 10.7 Å². The van der Waals surface area contributed by atoms with Crippen molar-refractivity contribution in [1.82, 2.24) is 19.3 Å².